The monoisotopic (exact) mass is 354 g/mol. The molecule has 2 aromatic heterocycles. The molecule has 1 unspecified atom stereocenters. The van der Waals surface area contributed by atoms with Crippen molar-refractivity contribution in [1.82, 2.24) is 29.1 Å². The van der Waals surface area contributed by atoms with Gasteiger partial charge in [-0.15, -0.1) is 0 Å². The number of imidazole rings is 1. The molecule has 0 aliphatic carbocycles. The van der Waals surface area contributed by atoms with Gasteiger partial charge in [0, 0.05) is 37.6 Å². The minimum atomic E-state index is -0.0654. The second-order valence-electron chi connectivity index (χ2n) is 6.01. The Bertz CT molecular complexity index is 847. The molecule has 1 aliphatic heterocycles. The van der Waals surface area contributed by atoms with Crippen molar-refractivity contribution in [2.45, 2.75) is 6.04 Å². The molecule has 1 aliphatic rings. The normalized spacial score (nSPS) is 18.4. The van der Waals surface area contributed by atoms with Crippen LogP contribution in [0.15, 0.2) is 42.7 Å². The van der Waals surface area contributed by atoms with Crippen LogP contribution in [0.5, 0.6) is 0 Å². The molecule has 0 bridgehead atoms. The van der Waals surface area contributed by atoms with E-state index < -0.39 is 0 Å². The van der Waals surface area contributed by atoms with E-state index in [0.29, 0.717) is 23.9 Å². The van der Waals surface area contributed by atoms with Gasteiger partial charge in [0.2, 0.25) is 5.01 Å². The lowest BCUT2D eigenvalue weighted by atomic mass is 10.1. The zero-order chi connectivity index (χ0) is 17.2. The number of hydrogen-bond acceptors (Lipinski definition) is 6. The molecule has 4 rings (SSSR count). The summed E-state index contributed by atoms with van der Waals surface area (Å²) < 4.78 is 4.34. The van der Waals surface area contributed by atoms with Crippen LogP contribution in [0, 0.1) is 0 Å². The third kappa shape index (κ3) is 3.18. The fourth-order valence-corrected chi connectivity index (χ4v) is 3.62. The summed E-state index contributed by atoms with van der Waals surface area (Å²) in [5, 5.41) is 0.432. The van der Waals surface area contributed by atoms with Gasteiger partial charge in [-0.25, -0.2) is 9.97 Å². The lowest BCUT2D eigenvalue weighted by Crippen LogP contribution is -2.49. The van der Waals surface area contributed by atoms with Crippen molar-refractivity contribution < 1.29 is 4.79 Å². The summed E-state index contributed by atoms with van der Waals surface area (Å²) in [5.74, 6) is 1.41. The number of rotatable bonds is 3. The van der Waals surface area contributed by atoms with Gasteiger partial charge in [-0.1, -0.05) is 30.3 Å². The number of aromatic amines is 1. The summed E-state index contributed by atoms with van der Waals surface area (Å²) in [6, 6.07) is 9.77. The zero-order valence-electron chi connectivity index (χ0n) is 13.8. The van der Waals surface area contributed by atoms with Crippen LogP contribution in [0.2, 0.25) is 0 Å². The lowest BCUT2D eigenvalue weighted by Gasteiger charge is -2.38. The molecule has 1 aromatic carbocycles. The largest absolute Gasteiger partial charge is 0.347 e. The SMILES string of the molecule is CN1CCN(C(=O)c2nc(-c3ccccc3)ns2)CC1c1ncc[nH]1. The van der Waals surface area contributed by atoms with E-state index in [2.05, 4.69) is 24.2 Å². The smallest absolute Gasteiger partial charge is 0.284 e. The first-order valence-electron chi connectivity index (χ1n) is 8.10. The Morgan fingerprint density at radius 3 is 2.88 bits per heavy atom. The van der Waals surface area contributed by atoms with Gasteiger partial charge in [-0.3, -0.25) is 9.69 Å². The molecule has 25 heavy (non-hydrogen) atoms. The summed E-state index contributed by atoms with van der Waals surface area (Å²) in [7, 11) is 2.05. The van der Waals surface area contributed by atoms with Crippen molar-refractivity contribution in [3.8, 4) is 11.4 Å². The number of benzene rings is 1. The van der Waals surface area contributed by atoms with Crippen LogP contribution in [-0.2, 0) is 0 Å². The van der Waals surface area contributed by atoms with Crippen LogP contribution >= 0.6 is 11.5 Å². The Balaban J connectivity index is 1.52. The summed E-state index contributed by atoms with van der Waals surface area (Å²) in [4.78, 5) is 28.8. The number of carbonyl (C=O) groups is 1. The third-order valence-electron chi connectivity index (χ3n) is 4.41. The molecular formula is C17H18N6OS. The number of H-pyrrole nitrogens is 1. The van der Waals surface area contributed by atoms with Crippen LogP contribution in [0.3, 0.4) is 0 Å². The molecule has 3 heterocycles. The number of nitrogens with one attached hydrogen (secondary N) is 1. The maximum Gasteiger partial charge on any atom is 0.284 e. The van der Waals surface area contributed by atoms with Crippen molar-refractivity contribution >= 4 is 17.4 Å². The number of aromatic nitrogens is 4. The van der Waals surface area contributed by atoms with Gasteiger partial charge < -0.3 is 9.88 Å². The summed E-state index contributed by atoms with van der Waals surface area (Å²) >= 11 is 1.16. The minimum absolute atomic E-state index is 0.0641. The molecule has 1 N–H and O–H groups in total. The molecule has 8 heteroatoms. The highest BCUT2D eigenvalue weighted by Crippen LogP contribution is 2.24. The topological polar surface area (TPSA) is 78.0 Å². The number of nitrogens with zero attached hydrogens (tertiary/aromatic N) is 5. The van der Waals surface area contributed by atoms with E-state index >= 15 is 0 Å². The highest BCUT2D eigenvalue weighted by molar-refractivity contribution is 7.07. The summed E-state index contributed by atoms with van der Waals surface area (Å²) in [6.45, 7) is 2.05. The Morgan fingerprint density at radius 2 is 2.12 bits per heavy atom. The molecule has 1 atom stereocenters. The predicted molar refractivity (Wildman–Crippen MR) is 95.2 cm³/mol. The number of amides is 1. The average molecular weight is 354 g/mol. The van der Waals surface area contributed by atoms with Gasteiger partial charge in [-0.05, 0) is 18.6 Å². The predicted octanol–water partition coefficient (Wildman–Crippen LogP) is 2.06. The van der Waals surface area contributed by atoms with E-state index in [1.54, 1.807) is 12.4 Å². The Labute approximate surface area is 149 Å². The van der Waals surface area contributed by atoms with Gasteiger partial charge >= 0.3 is 0 Å². The molecule has 128 valence electrons. The van der Waals surface area contributed by atoms with Crippen molar-refractivity contribution in [2.75, 3.05) is 26.7 Å². The van der Waals surface area contributed by atoms with Gasteiger partial charge in [0.25, 0.3) is 5.91 Å². The minimum Gasteiger partial charge on any atom is -0.347 e. The number of piperazine rings is 1. The average Bonchev–Trinajstić information content (AvgIpc) is 3.34. The van der Waals surface area contributed by atoms with Crippen LogP contribution in [0.4, 0.5) is 0 Å². The molecule has 1 saturated heterocycles. The first-order chi connectivity index (χ1) is 12.2. The molecule has 7 nitrogen and oxygen atoms in total. The lowest BCUT2D eigenvalue weighted by molar-refractivity contribution is 0.0534. The maximum absolute atomic E-state index is 12.9. The van der Waals surface area contributed by atoms with Crippen LogP contribution < -0.4 is 0 Å². The standard InChI is InChI=1S/C17H18N6OS/c1-22-9-10-23(11-13(22)15-18-7-8-19-15)17(24)16-20-14(21-25-16)12-5-3-2-4-6-12/h2-8,13H,9-11H2,1H3,(H,18,19). The van der Waals surface area contributed by atoms with E-state index in [1.165, 1.54) is 0 Å². The summed E-state index contributed by atoms with van der Waals surface area (Å²) in [6.07, 6.45) is 3.54. The van der Waals surface area contributed by atoms with Crippen molar-refractivity contribution in [2.24, 2.45) is 0 Å². The first-order valence-corrected chi connectivity index (χ1v) is 8.87. The van der Waals surface area contributed by atoms with Gasteiger partial charge in [-0.2, -0.15) is 4.37 Å². The molecule has 1 fully saturated rings. The fourth-order valence-electron chi connectivity index (χ4n) is 2.96. The second kappa shape index (κ2) is 6.73. The molecule has 1 amide bonds. The van der Waals surface area contributed by atoms with E-state index in [0.717, 1.165) is 29.5 Å². The third-order valence-corrected chi connectivity index (χ3v) is 5.11. The van der Waals surface area contributed by atoms with E-state index in [9.17, 15) is 4.79 Å². The molecule has 0 spiro atoms. The Morgan fingerprint density at radius 1 is 1.28 bits per heavy atom. The van der Waals surface area contributed by atoms with Gasteiger partial charge in [0.1, 0.15) is 5.82 Å². The zero-order valence-corrected chi connectivity index (χ0v) is 14.6. The number of likely N-dealkylation sites (N-methyl/N-ethyl adjacent to an activating group) is 1. The second-order valence-corrected chi connectivity index (χ2v) is 6.76. The van der Waals surface area contributed by atoms with Gasteiger partial charge in [0.05, 0.1) is 6.04 Å². The van der Waals surface area contributed by atoms with Crippen LogP contribution in [0.1, 0.15) is 21.7 Å². The fraction of sp³-hybridized carbons (Fsp3) is 0.294. The van der Waals surface area contributed by atoms with E-state index in [1.807, 2.05) is 42.3 Å². The maximum atomic E-state index is 12.9. The number of hydrogen-bond donors (Lipinski definition) is 1. The first kappa shape index (κ1) is 15.9. The van der Waals surface area contributed by atoms with Crippen molar-refractivity contribution in [3.63, 3.8) is 0 Å². The Hall–Kier alpha value is -2.58. The molecule has 0 saturated carbocycles. The van der Waals surface area contributed by atoms with Crippen LogP contribution in [0.25, 0.3) is 11.4 Å². The van der Waals surface area contributed by atoms with Crippen LogP contribution in [-0.4, -0.2) is 61.7 Å². The van der Waals surface area contributed by atoms with Crippen molar-refractivity contribution in [1.29, 1.82) is 0 Å². The summed E-state index contributed by atoms with van der Waals surface area (Å²) in [5.41, 5.74) is 0.921. The highest BCUT2D eigenvalue weighted by Gasteiger charge is 2.31. The van der Waals surface area contributed by atoms with Gasteiger partial charge in [0.15, 0.2) is 5.82 Å². The van der Waals surface area contributed by atoms with Crippen molar-refractivity contribution in [3.05, 3.63) is 53.6 Å². The Kier molecular flexibility index (Phi) is 4.29. The molecular weight excluding hydrogens is 336 g/mol. The van der Waals surface area contributed by atoms with E-state index in [-0.39, 0.29) is 11.9 Å². The molecule has 3 aromatic rings. The highest BCUT2D eigenvalue weighted by atomic mass is 32.1. The van der Waals surface area contributed by atoms with E-state index in [4.69, 9.17) is 0 Å². The number of carbonyl (C=O) groups excluding carboxylic acids is 1. The molecule has 0 radical (unpaired) electrons. The quantitative estimate of drug-likeness (QED) is 0.779.